The predicted octanol–water partition coefficient (Wildman–Crippen LogP) is 2.13. The van der Waals surface area contributed by atoms with Crippen molar-refractivity contribution in [2.75, 3.05) is 33.1 Å². The van der Waals surface area contributed by atoms with Crippen LogP contribution in [-0.4, -0.2) is 82.6 Å². The van der Waals surface area contributed by atoms with Crippen LogP contribution in [0.4, 0.5) is 5.69 Å². The van der Waals surface area contributed by atoms with Gasteiger partial charge in [0.15, 0.2) is 11.4 Å². The van der Waals surface area contributed by atoms with Crippen molar-refractivity contribution < 1.29 is 34.8 Å². The summed E-state index contributed by atoms with van der Waals surface area (Å²) < 4.78 is 0. The standard InChI is InChI=1S/C31H35ClN4O7/c1-35(2)20-11-16(13-34-12-14-5-7-17(32)8-6-14)25(37)22-18(20)9-15-10-19-24(36(3)4)27(39)23(30(33)42)29(41)31(19,43)28(40)21(15)26(22)38/h5-8,11,15,19,24,34,37,39-40,43H,9-10,12-13H2,1-4H3,(H2,33,42)/t15-,19-,24?,31-/m0/s1. The average molecular weight is 611 g/mol. The molecule has 7 N–H and O–H groups in total. The zero-order valence-electron chi connectivity index (χ0n) is 24.3. The molecule has 228 valence electrons. The normalized spacial score (nSPS) is 25.0. The molecule has 12 heteroatoms. The molecule has 2 aromatic rings. The van der Waals surface area contributed by atoms with Crippen molar-refractivity contribution >= 4 is 34.8 Å². The van der Waals surface area contributed by atoms with E-state index in [9.17, 15) is 34.8 Å². The molecule has 2 aromatic carbocycles. The van der Waals surface area contributed by atoms with E-state index in [-0.39, 0.29) is 36.3 Å². The maximum absolute atomic E-state index is 14.1. The van der Waals surface area contributed by atoms with Gasteiger partial charge in [-0.15, -0.1) is 0 Å². The second-order valence-electron chi connectivity index (χ2n) is 11.8. The molecule has 1 amide bonds. The van der Waals surface area contributed by atoms with Crippen molar-refractivity contribution in [1.29, 1.82) is 0 Å². The van der Waals surface area contributed by atoms with Crippen molar-refractivity contribution in [3.8, 4) is 5.75 Å². The number of fused-ring (bicyclic) bond motifs is 3. The second-order valence-corrected chi connectivity index (χ2v) is 12.3. The smallest absolute Gasteiger partial charge is 0.255 e. The number of carbonyl (C=O) groups excluding carboxylic acids is 3. The largest absolute Gasteiger partial charge is 0.510 e. The molecule has 0 aliphatic heterocycles. The number of primary amides is 1. The van der Waals surface area contributed by atoms with Gasteiger partial charge in [-0.1, -0.05) is 23.7 Å². The molecule has 0 bridgehead atoms. The number of allylic oxidation sites excluding steroid dienone is 1. The number of Topliss-reactive ketones (excluding diaryl/α,β-unsaturated/α-hetero) is 2. The average Bonchev–Trinajstić information content (AvgIpc) is 2.92. The number of nitrogens with zero attached hydrogens (tertiary/aromatic N) is 2. The number of nitrogens with two attached hydrogens (primary N) is 1. The van der Waals surface area contributed by atoms with Crippen molar-refractivity contribution in [2.45, 2.75) is 37.6 Å². The first-order valence-electron chi connectivity index (χ1n) is 13.8. The van der Waals surface area contributed by atoms with E-state index in [0.717, 1.165) is 5.56 Å². The molecular formula is C31H35ClN4O7. The molecule has 0 saturated heterocycles. The number of benzene rings is 2. The molecular weight excluding hydrogens is 576 g/mol. The zero-order valence-corrected chi connectivity index (χ0v) is 25.1. The number of aliphatic hydroxyl groups excluding tert-OH is 2. The Balaban J connectivity index is 1.59. The van der Waals surface area contributed by atoms with Crippen LogP contribution in [0.2, 0.25) is 5.02 Å². The van der Waals surface area contributed by atoms with E-state index in [0.29, 0.717) is 28.4 Å². The minimum Gasteiger partial charge on any atom is -0.510 e. The van der Waals surface area contributed by atoms with Crippen LogP contribution in [0, 0.1) is 11.8 Å². The highest BCUT2D eigenvalue weighted by atomic mass is 35.5. The van der Waals surface area contributed by atoms with Gasteiger partial charge < -0.3 is 36.4 Å². The lowest BCUT2D eigenvalue weighted by atomic mass is 9.58. The molecule has 3 aliphatic rings. The van der Waals surface area contributed by atoms with E-state index in [1.807, 2.05) is 37.2 Å². The van der Waals surface area contributed by atoms with Gasteiger partial charge in [0, 0.05) is 54.9 Å². The lowest BCUT2D eigenvalue weighted by Gasteiger charge is -2.50. The lowest BCUT2D eigenvalue weighted by molar-refractivity contribution is -0.148. The number of aliphatic hydroxyl groups is 3. The molecule has 0 fully saturated rings. The van der Waals surface area contributed by atoms with Crippen LogP contribution in [0.3, 0.4) is 0 Å². The first-order chi connectivity index (χ1) is 20.2. The molecule has 4 atom stereocenters. The number of halogens is 1. The number of phenols is 1. The Morgan fingerprint density at radius 1 is 1.09 bits per heavy atom. The number of aromatic hydroxyl groups is 1. The summed E-state index contributed by atoms with van der Waals surface area (Å²) in [6.45, 7) is 0.685. The maximum atomic E-state index is 14.1. The summed E-state index contributed by atoms with van der Waals surface area (Å²) in [5, 5.41) is 49.5. The van der Waals surface area contributed by atoms with Crippen LogP contribution >= 0.6 is 11.6 Å². The molecule has 43 heavy (non-hydrogen) atoms. The number of ketones is 2. The number of rotatable bonds is 7. The first-order valence-corrected chi connectivity index (χ1v) is 14.2. The van der Waals surface area contributed by atoms with Crippen LogP contribution < -0.4 is 16.0 Å². The summed E-state index contributed by atoms with van der Waals surface area (Å²) in [4.78, 5) is 43.2. The van der Waals surface area contributed by atoms with E-state index >= 15 is 0 Å². The number of nitrogens with one attached hydrogen (secondary N) is 1. The predicted molar refractivity (Wildman–Crippen MR) is 160 cm³/mol. The quantitative estimate of drug-likeness (QED) is 0.255. The Morgan fingerprint density at radius 3 is 2.33 bits per heavy atom. The van der Waals surface area contributed by atoms with E-state index in [4.69, 9.17) is 17.3 Å². The van der Waals surface area contributed by atoms with Crippen LogP contribution in [0.5, 0.6) is 5.75 Å². The summed E-state index contributed by atoms with van der Waals surface area (Å²) in [6, 6.07) is 8.07. The molecule has 0 spiro atoms. The molecule has 11 nitrogen and oxygen atoms in total. The van der Waals surface area contributed by atoms with Crippen LogP contribution in [0.15, 0.2) is 53.0 Å². The zero-order chi connectivity index (χ0) is 31.5. The van der Waals surface area contributed by atoms with Crippen LogP contribution in [-0.2, 0) is 29.1 Å². The fourth-order valence-electron chi connectivity index (χ4n) is 6.83. The van der Waals surface area contributed by atoms with Gasteiger partial charge in [-0.25, -0.2) is 0 Å². The van der Waals surface area contributed by atoms with Gasteiger partial charge in [0.2, 0.25) is 5.78 Å². The Hall–Kier alpha value is -3.90. The molecule has 0 radical (unpaired) electrons. The monoisotopic (exact) mass is 610 g/mol. The number of anilines is 1. The van der Waals surface area contributed by atoms with E-state index < -0.39 is 58.0 Å². The van der Waals surface area contributed by atoms with Crippen molar-refractivity contribution in [2.24, 2.45) is 17.6 Å². The third kappa shape index (κ3) is 4.76. The summed E-state index contributed by atoms with van der Waals surface area (Å²) in [5.41, 5.74) is 4.37. The lowest BCUT2D eigenvalue weighted by Crippen LogP contribution is -2.63. The fraction of sp³-hybridized carbons (Fsp3) is 0.387. The number of hydrogen-bond donors (Lipinski definition) is 6. The highest BCUT2D eigenvalue weighted by Crippen LogP contribution is 2.53. The van der Waals surface area contributed by atoms with E-state index in [1.165, 1.54) is 4.90 Å². The van der Waals surface area contributed by atoms with Gasteiger partial charge >= 0.3 is 0 Å². The molecule has 0 saturated carbocycles. The topological polar surface area (TPSA) is 177 Å². The Labute approximate surface area is 253 Å². The molecule has 3 aliphatic carbocycles. The van der Waals surface area contributed by atoms with Gasteiger partial charge in [0.05, 0.1) is 11.6 Å². The summed E-state index contributed by atoms with van der Waals surface area (Å²) >= 11 is 5.97. The van der Waals surface area contributed by atoms with Gasteiger partial charge in [0.25, 0.3) is 5.91 Å². The molecule has 0 aromatic heterocycles. The van der Waals surface area contributed by atoms with Gasteiger partial charge in [0.1, 0.15) is 22.8 Å². The number of phenolic OH excluding ortho intramolecular Hbond substituents is 1. The molecule has 5 rings (SSSR count). The molecule has 0 heterocycles. The number of carbonyl (C=O) groups is 3. The highest BCUT2D eigenvalue weighted by molar-refractivity contribution is 6.30. The second kappa shape index (κ2) is 11.0. The van der Waals surface area contributed by atoms with Crippen LogP contribution in [0.1, 0.15) is 33.5 Å². The Bertz CT molecular complexity index is 1600. The Morgan fingerprint density at radius 2 is 1.74 bits per heavy atom. The third-order valence-corrected chi connectivity index (χ3v) is 9.07. The highest BCUT2D eigenvalue weighted by Gasteiger charge is 2.63. The summed E-state index contributed by atoms with van der Waals surface area (Å²) in [5.74, 6) is -6.71. The molecule has 1 unspecified atom stereocenters. The van der Waals surface area contributed by atoms with E-state index in [1.54, 1.807) is 26.2 Å². The Kier molecular flexibility index (Phi) is 7.80. The van der Waals surface area contributed by atoms with Gasteiger partial charge in [-0.3, -0.25) is 19.3 Å². The van der Waals surface area contributed by atoms with Crippen LogP contribution in [0.25, 0.3) is 0 Å². The SMILES string of the molecule is CN(C)c1cc(CNCc2ccc(Cl)cc2)c(O)c2c1C[C@H]1C[C@H]3C(N(C)C)C(O)=C(C(N)=O)C(=O)[C@@]3(O)C(O)=C1C2=O. The fourth-order valence-corrected chi connectivity index (χ4v) is 6.96. The van der Waals surface area contributed by atoms with Crippen molar-refractivity contribution in [3.05, 3.63) is 80.3 Å². The summed E-state index contributed by atoms with van der Waals surface area (Å²) in [7, 11) is 6.83. The number of amides is 1. The van der Waals surface area contributed by atoms with Crippen molar-refractivity contribution in [1.82, 2.24) is 10.2 Å². The van der Waals surface area contributed by atoms with Gasteiger partial charge in [-0.2, -0.15) is 0 Å². The van der Waals surface area contributed by atoms with Crippen molar-refractivity contribution in [3.63, 3.8) is 0 Å². The first kappa shape index (κ1) is 30.6. The number of likely N-dealkylation sites (N-methyl/N-ethyl adjacent to an activating group) is 1. The summed E-state index contributed by atoms with van der Waals surface area (Å²) in [6.07, 6.45) is 0.248. The third-order valence-electron chi connectivity index (χ3n) is 8.82. The minimum absolute atomic E-state index is 0.0183. The minimum atomic E-state index is -2.68. The maximum Gasteiger partial charge on any atom is 0.255 e. The number of hydrogen-bond acceptors (Lipinski definition) is 10. The van der Waals surface area contributed by atoms with Gasteiger partial charge in [-0.05, 0) is 62.2 Å². The van der Waals surface area contributed by atoms with E-state index in [2.05, 4.69) is 5.32 Å².